The summed E-state index contributed by atoms with van der Waals surface area (Å²) in [5, 5.41) is 16.8. The molecule has 0 aliphatic rings. The molecule has 0 spiro atoms. The summed E-state index contributed by atoms with van der Waals surface area (Å²) in [6, 6.07) is 0. The summed E-state index contributed by atoms with van der Waals surface area (Å²) in [7, 11) is -2.19. The first-order valence-corrected chi connectivity index (χ1v) is 4.64. The van der Waals surface area contributed by atoms with Gasteiger partial charge in [-0.15, -0.1) is 0 Å². The van der Waals surface area contributed by atoms with E-state index in [1.54, 1.807) is 0 Å². The first-order valence-electron chi connectivity index (χ1n) is 4.64. The summed E-state index contributed by atoms with van der Waals surface area (Å²) in [6.45, 7) is 1.44. The van der Waals surface area contributed by atoms with Crippen molar-refractivity contribution in [1.29, 1.82) is 0 Å². The molecule has 0 aliphatic carbocycles. The number of hydrogen-bond donors (Lipinski definition) is 2. The molecular formula is C7H16BF4NO4. The van der Waals surface area contributed by atoms with Gasteiger partial charge < -0.3 is 36.7 Å². The van der Waals surface area contributed by atoms with Crippen LogP contribution in [0.1, 0.15) is 0 Å². The summed E-state index contributed by atoms with van der Waals surface area (Å²) in [6.07, 6.45) is -1.25. The number of carboxylic acid groups (broad SMARTS) is 1. The van der Waals surface area contributed by atoms with Gasteiger partial charge in [-0.2, -0.15) is 0 Å². The maximum absolute atomic E-state index is 9.96. The lowest BCUT2D eigenvalue weighted by molar-refractivity contribution is -0.890. The van der Waals surface area contributed by atoms with Crippen LogP contribution in [-0.4, -0.2) is 68.5 Å². The van der Waals surface area contributed by atoms with Gasteiger partial charge in [0.25, 0.3) is 0 Å². The molecule has 0 unspecified atom stereocenters. The molecule has 0 heterocycles. The molecule has 2 N–H and O–H groups in total. The van der Waals surface area contributed by atoms with Crippen molar-refractivity contribution in [2.24, 2.45) is 0 Å². The van der Waals surface area contributed by atoms with Gasteiger partial charge >= 0.3 is 13.4 Å². The number of rotatable bonds is 5. The topological polar surface area (TPSA) is 66.8 Å². The number of aliphatic hydroxyl groups excluding tert-OH is 1. The Morgan fingerprint density at radius 3 is 1.94 bits per heavy atom. The number of quaternary nitrogens is 1. The van der Waals surface area contributed by atoms with E-state index < -0.39 is 13.4 Å². The van der Waals surface area contributed by atoms with Gasteiger partial charge in [0, 0.05) is 0 Å². The van der Waals surface area contributed by atoms with E-state index in [4.69, 9.17) is 10.2 Å². The van der Waals surface area contributed by atoms with Crippen LogP contribution in [0, 0.1) is 0 Å². The Morgan fingerprint density at radius 1 is 1.24 bits per heavy atom. The van der Waals surface area contributed by atoms with E-state index in [1.807, 2.05) is 14.1 Å². The van der Waals surface area contributed by atoms with Crippen LogP contribution in [0.5, 0.6) is 0 Å². The molecule has 0 aromatic heterocycles. The molecule has 0 aromatic rings. The second-order valence-electron chi connectivity index (χ2n) is 3.72. The molecule has 104 valence electrons. The van der Waals surface area contributed by atoms with Gasteiger partial charge in [0.2, 0.25) is 0 Å². The van der Waals surface area contributed by atoms with Crippen LogP contribution in [0.2, 0.25) is 0 Å². The molecule has 0 bridgehead atoms. The molecule has 0 saturated heterocycles. The van der Waals surface area contributed by atoms with Gasteiger partial charge in [0.15, 0.2) is 0 Å². The minimum atomic E-state index is -6.00. The highest BCUT2D eigenvalue weighted by molar-refractivity contribution is 6.50. The van der Waals surface area contributed by atoms with Gasteiger partial charge in [-0.3, -0.25) is 0 Å². The predicted molar refractivity (Wildman–Crippen MR) is 53.1 cm³/mol. The summed E-state index contributed by atoms with van der Waals surface area (Å²) in [5.74, 6) is 0. The van der Waals surface area contributed by atoms with Crippen molar-refractivity contribution >= 4 is 13.4 Å². The van der Waals surface area contributed by atoms with Crippen LogP contribution in [0.3, 0.4) is 0 Å². The first kappa shape index (κ1) is 18.3. The number of nitrogens with zero attached hydrogens (tertiary/aromatic N) is 1. The lowest BCUT2D eigenvalue weighted by Crippen LogP contribution is -2.44. The molecule has 5 nitrogen and oxygen atoms in total. The minimum absolute atomic E-state index is 0.0973. The Balaban J connectivity index is 0. The Morgan fingerprint density at radius 2 is 1.65 bits per heavy atom. The van der Waals surface area contributed by atoms with Crippen molar-refractivity contribution < 1.29 is 41.5 Å². The van der Waals surface area contributed by atoms with Crippen molar-refractivity contribution in [1.82, 2.24) is 0 Å². The first-order chi connectivity index (χ1) is 7.48. The SMILES string of the molecule is C[N+](C)(CCO)CCOC(=O)O.F[B-](F)(F)F. The summed E-state index contributed by atoms with van der Waals surface area (Å²) < 4.78 is 43.9. The highest BCUT2D eigenvalue weighted by atomic mass is 19.5. The van der Waals surface area contributed by atoms with E-state index in [0.717, 1.165) is 0 Å². The van der Waals surface area contributed by atoms with Crippen molar-refractivity contribution in [3.8, 4) is 0 Å². The van der Waals surface area contributed by atoms with Gasteiger partial charge in [-0.1, -0.05) is 0 Å². The zero-order valence-electron chi connectivity index (χ0n) is 9.58. The van der Waals surface area contributed by atoms with E-state index in [9.17, 15) is 22.1 Å². The molecule has 0 radical (unpaired) electrons. The Labute approximate surface area is 96.3 Å². The second-order valence-corrected chi connectivity index (χ2v) is 3.72. The van der Waals surface area contributed by atoms with Gasteiger partial charge in [-0.05, 0) is 0 Å². The van der Waals surface area contributed by atoms with E-state index >= 15 is 0 Å². The normalized spacial score (nSPS) is 11.5. The third kappa shape index (κ3) is 25.3. The predicted octanol–water partition coefficient (Wildman–Crippen LogP) is 1.05. The average molecular weight is 265 g/mol. The smallest absolute Gasteiger partial charge is 0.450 e. The lowest BCUT2D eigenvalue weighted by Gasteiger charge is -2.28. The number of hydrogen-bond acceptors (Lipinski definition) is 3. The molecule has 0 fully saturated rings. The molecule has 0 aliphatic heterocycles. The highest BCUT2D eigenvalue weighted by Crippen LogP contribution is 2.06. The monoisotopic (exact) mass is 265 g/mol. The minimum Gasteiger partial charge on any atom is -0.450 e. The van der Waals surface area contributed by atoms with Crippen LogP contribution in [-0.2, 0) is 4.74 Å². The molecule has 10 heteroatoms. The zero-order valence-corrected chi connectivity index (χ0v) is 9.58. The Hall–Kier alpha value is -1.03. The number of halogens is 4. The molecule has 0 atom stereocenters. The fraction of sp³-hybridized carbons (Fsp3) is 0.857. The van der Waals surface area contributed by atoms with Gasteiger partial charge in [0.1, 0.15) is 19.7 Å². The molecule has 0 amide bonds. The fourth-order valence-corrected chi connectivity index (χ4v) is 0.763. The van der Waals surface area contributed by atoms with Crippen molar-refractivity contribution in [2.75, 3.05) is 40.4 Å². The van der Waals surface area contributed by atoms with Crippen LogP contribution >= 0.6 is 0 Å². The largest absolute Gasteiger partial charge is 0.673 e. The third-order valence-electron chi connectivity index (χ3n) is 1.63. The standard InChI is InChI=1S/C7H15NO4.BF4/c1-8(2,3-5-9)4-6-12-7(10)11;2-1(3,4)5/h9H,3-6H2,1-2H3;/q;-1/p+1. The maximum Gasteiger partial charge on any atom is 0.673 e. The Kier molecular flexibility index (Phi) is 8.76. The van der Waals surface area contributed by atoms with E-state index in [2.05, 4.69) is 4.74 Å². The van der Waals surface area contributed by atoms with E-state index in [-0.39, 0.29) is 13.2 Å². The van der Waals surface area contributed by atoms with Crippen LogP contribution in [0.15, 0.2) is 0 Å². The number of likely N-dealkylation sites (N-methyl/N-ethyl adjacent to an activating group) is 1. The van der Waals surface area contributed by atoms with Gasteiger partial charge in [0.05, 0.1) is 20.7 Å². The zero-order chi connectivity index (χ0) is 14.1. The maximum atomic E-state index is 9.96. The Bertz CT molecular complexity index is 218. The van der Waals surface area contributed by atoms with Crippen molar-refractivity contribution in [3.63, 3.8) is 0 Å². The highest BCUT2D eigenvalue weighted by Gasteiger charge is 2.20. The van der Waals surface area contributed by atoms with Crippen molar-refractivity contribution in [3.05, 3.63) is 0 Å². The quantitative estimate of drug-likeness (QED) is 0.337. The molecule has 0 aromatic carbocycles. The average Bonchev–Trinajstić information content (AvgIpc) is 1.98. The molecule has 0 rings (SSSR count). The molecule has 0 saturated carbocycles. The van der Waals surface area contributed by atoms with Gasteiger partial charge in [-0.25, -0.2) is 4.79 Å². The summed E-state index contributed by atoms with van der Waals surface area (Å²) in [4.78, 5) is 9.96. The number of aliphatic hydroxyl groups is 1. The van der Waals surface area contributed by atoms with Crippen LogP contribution < -0.4 is 0 Å². The molecule has 17 heavy (non-hydrogen) atoms. The third-order valence-corrected chi connectivity index (χ3v) is 1.63. The fourth-order valence-electron chi connectivity index (χ4n) is 0.763. The van der Waals surface area contributed by atoms with E-state index in [0.29, 0.717) is 17.6 Å². The van der Waals surface area contributed by atoms with E-state index in [1.165, 1.54) is 0 Å². The second kappa shape index (κ2) is 8.12. The summed E-state index contributed by atoms with van der Waals surface area (Å²) in [5.41, 5.74) is 0. The lowest BCUT2D eigenvalue weighted by atomic mass is 10.3. The number of ether oxygens (including phenoxy) is 1. The summed E-state index contributed by atoms with van der Waals surface area (Å²) >= 11 is 0. The molecular weight excluding hydrogens is 249 g/mol. The van der Waals surface area contributed by atoms with Crippen molar-refractivity contribution in [2.45, 2.75) is 0 Å². The van der Waals surface area contributed by atoms with Crippen LogP contribution in [0.25, 0.3) is 0 Å². The number of carbonyl (C=O) groups is 1. The van der Waals surface area contributed by atoms with Crippen LogP contribution in [0.4, 0.5) is 22.1 Å².